The predicted molar refractivity (Wildman–Crippen MR) is 56.8 cm³/mol. The maximum absolute atomic E-state index is 11.1. The lowest BCUT2D eigenvalue weighted by atomic mass is 10.0. The molecule has 0 spiro atoms. The Bertz CT molecular complexity index is 306. The molecule has 1 rings (SSSR count). The van der Waals surface area contributed by atoms with Crippen molar-refractivity contribution in [3.05, 3.63) is 35.4 Å². The molecule has 0 radical (unpaired) electrons. The first kappa shape index (κ1) is 10.7. The summed E-state index contributed by atoms with van der Waals surface area (Å²) in [6.45, 7) is 2.02. The number of carbonyl (C=O) groups is 1. The number of rotatable bonds is 3. The van der Waals surface area contributed by atoms with E-state index in [2.05, 4.69) is 5.32 Å². The van der Waals surface area contributed by atoms with Gasteiger partial charge in [-0.15, -0.1) is 0 Å². The fourth-order valence-electron chi connectivity index (χ4n) is 1.23. The lowest BCUT2D eigenvalue weighted by molar-refractivity contribution is -0.120. The zero-order valence-corrected chi connectivity index (χ0v) is 8.58. The quantitative estimate of drug-likeness (QED) is 0.754. The highest BCUT2D eigenvalue weighted by atomic mass is 16.1. The molecule has 1 atom stereocenters. The van der Waals surface area contributed by atoms with Gasteiger partial charge in [0.25, 0.3) is 0 Å². The van der Waals surface area contributed by atoms with Crippen molar-refractivity contribution in [3.63, 3.8) is 0 Å². The number of hydrogen-bond donors (Lipinski definition) is 2. The Kier molecular flexibility index (Phi) is 3.65. The van der Waals surface area contributed by atoms with Crippen LogP contribution in [0.4, 0.5) is 0 Å². The van der Waals surface area contributed by atoms with Gasteiger partial charge in [0, 0.05) is 19.5 Å². The van der Waals surface area contributed by atoms with Crippen molar-refractivity contribution in [3.8, 4) is 0 Å². The summed E-state index contributed by atoms with van der Waals surface area (Å²) in [7, 11) is 1.62. The summed E-state index contributed by atoms with van der Waals surface area (Å²) in [6, 6.07) is 7.71. The van der Waals surface area contributed by atoms with E-state index in [1.807, 2.05) is 31.2 Å². The van der Waals surface area contributed by atoms with E-state index in [-0.39, 0.29) is 11.9 Å². The van der Waals surface area contributed by atoms with Crippen molar-refractivity contribution in [2.75, 3.05) is 7.05 Å². The highest BCUT2D eigenvalue weighted by molar-refractivity contribution is 5.76. The van der Waals surface area contributed by atoms with Crippen LogP contribution < -0.4 is 11.1 Å². The molecule has 0 heterocycles. The molecule has 0 fully saturated rings. The van der Waals surface area contributed by atoms with Crippen LogP contribution in [0, 0.1) is 6.92 Å². The van der Waals surface area contributed by atoms with E-state index in [0.29, 0.717) is 6.42 Å². The van der Waals surface area contributed by atoms with Gasteiger partial charge in [-0.1, -0.05) is 29.8 Å². The molecule has 76 valence electrons. The first-order chi connectivity index (χ1) is 6.63. The lowest BCUT2D eigenvalue weighted by Gasteiger charge is -2.10. The van der Waals surface area contributed by atoms with Crippen LogP contribution in [0.1, 0.15) is 23.6 Å². The summed E-state index contributed by atoms with van der Waals surface area (Å²) in [5.41, 5.74) is 8.06. The molecule has 3 heteroatoms. The van der Waals surface area contributed by atoms with Crippen molar-refractivity contribution >= 4 is 5.91 Å². The van der Waals surface area contributed by atoms with E-state index in [9.17, 15) is 4.79 Å². The van der Waals surface area contributed by atoms with Gasteiger partial charge in [0.15, 0.2) is 0 Å². The Morgan fingerprint density at radius 1 is 1.43 bits per heavy atom. The van der Waals surface area contributed by atoms with Gasteiger partial charge in [-0.25, -0.2) is 0 Å². The molecule has 1 aromatic carbocycles. The number of benzene rings is 1. The van der Waals surface area contributed by atoms with Crippen LogP contribution in [0.5, 0.6) is 0 Å². The van der Waals surface area contributed by atoms with E-state index in [0.717, 1.165) is 5.56 Å². The number of nitrogens with one attached hydrogen (secondary N) is 1. The standard InChI is InChI=1S/C11H16N2O/c1-8-3-5-9(6-4-8)10(12)7-11(14)13-2/h3-6,10H,7,12H2,1-2H3,(H,13,14). The van der Waals surface area contributed by atoms with Crippen LogP contribution in [-0.4, -0.2) is 13.0 Å². The first-order valence-corrected chi connectivity index (χ1v) is 4.66. The number of aryl methyl sites for hydroxylation is 1. The molecular weight excluding hydrogens is 176 g/mol. The predicted octanol–water partition coefficient (Wildman–Crippen LogP) is 1.13. The highest BCUT2D eigenvalue weighted by Gasteiger charge is 2.09. The topological polar surface area (TPSA) is 55.1 Å². The molecule has 0 aliphatic heterocycles. The molecule has 0 saturated carbocycles. The Morgan fingerprint density at radius 2 is 2.00 bits per heavy atom. The Morgan fingerprint density at radius 3 is 2.50 bits per heavy atom. The second-order valence-corrected chi connectivity index (χ2v) is 3.39. The fraction of sp³-hybridized carbons (Fsp3) is 0.364. The largest absolute Gasteiger partial charge is 0.359 e. The molecule has 14 heavy (non-hydrogen) atoms. The fourth-order valence-corrected chi connectivity index (χ4v) is 1.23. The summed E-state index contributed by atoms with van der Waals surface area (Å²) < 4.78 is 0. The highest BCUT2D eigenvalue weighted by Crippen LogP contribution is 2.14. The zero-order valence-electron chi connectivity index (χ0n) is 8.58. The van der Waals surface area contributed by atoms with Gasteiger partial charge in [-0.05, 0) is 12.5 Å². The summed E-state index contributed by atoms with van der Waals surface area (Å²) in [6.07, 6.45) is 0.333. The summed E-state index contributed by atoms with van der Waals surface area (Å²) >= 11 is 0. The van der Waals surface area contributed by atoms with E-state index in [4.69, 9.17) is 5.73 Å². The minimum absolute atomic E-state index is 0.0296. The van der Waals surface area contributed by atoms with Crippen LogP contribution in [0.2, 0.25) is 0 Å². The van der Waals surface area contributed by atoms with Gasteiger partial charge in [-0.3, -0.25) is 4.79 Å². The monoisotopic (exact) mass is 192 g/mol. The number of hydrogen-bond acceptors (Lipinski definition) is 2. The molecule has 0 saturated heterocycles. The van der Waals surface area contributed by atoms with Crippen molar-refractivity contribution in [1.82, 2.24) is 5.32 Å². The van der Waals surface area contributed by atoms with Gasteiger partial charge in [0.1, 0.15) is 0 Å². The molecule has 1 aromatic rings. The first-order valence-electron chi connectivity index (χ1n) is 4.66. The average molecular weight is 192 g/mol. The van der Waals surface area contributed by atoms with Gasteiger partial charge in [0.05, 0.1) is 0 Å². The van der Waals surface area contributed by atoms with Gasteiger partial charge in [-0.2, -0.15) is 0 Å². The number of carbonyl (C=O) groups excluding carboxylic acids is 1. The average Bonchev–Trinajstić information content (AvgIpc) is 2.18. The van der Waals surface area contributed by atoms with Crippen LogP contribution in [-0.2, 0) is 4.79 Å². The summed E-state index contributed by atoms with van der Waals surface area (Å²) in [4.78, 5) is 11.1. The minimum atomic E-state index is -0.212. The molecule has 0 bridgehead atoms. The Hall–Kier alpha value is -1.35. The smallest absolute Gasteiger partial charge is 0.221 e. The summed E-state index contributed by atoms with van der Waals surface area (Å²) in [5, 5.41) is 2.56. The maximum atomic E-state index is 11.1. The Labute approximate surface area is 84.3 Å². The van der Waals surface area contributed by atoms with Gasteiger partial charge >= 0.3 is 0 Å². The lowest BCUT2D eigenvalue weighted by Crippen LogP contribution is -2.24. The van der Waals surface area contributed by atoms with E-state index < -0.39 is 0 Å². The maximum Gasteiger partial charge on any atom is 0.221 e. The minimum Gasteiger partial charge on any atom is -0.359 e. The molecule has 0 aromatic heterocycles. The second-order valence-electron chi connectivity index (χ2n) is 3.39. The van der Waals surface area contributed by atoms with Crippen LogP contribution in [0.25, 0.3) is 0 Å². The molecule has 3 N–H and O–H groups in total. The normalized spacial score (nSPS) is 12.2. The van der Waals surface area contributed by atoms with E-state index in [1.165, 1.54) is 5.56 Å². The number of amides is 1. The molecule has 0 aliphatic carbocycles. The molecule has 0 aliphatic rings. The van der Waals surface area contributed by atoms with Crippen LogP contribution in [0.15, 0.2) is 24.3 Å². The molecular formula is C11H16N2O. The van der Waals surface area contributed by atoms with Crippen molar-refractivity contribution in [1.29, 1.82) is 0 Å². The third-order valence-electron chi connectivity index (χ3n) is 2.19. The number of nitrogens with two attached hydrogens (primary N) is 1. The van der Waals surface area contributed by atoms with Crippen molar-refractivity contribution in [2.45, 2.75) is 19.4 Å². The molecule has 1 amide bonds. The van der Waals surface area contributed by atoms with Gasteiger partial charge < -0.3 is 11.1 Å². The van der Waals surface area contributed by atoms with E-state index in [1.54, 1.807) is 7.05 Å². The summed E-state index contributed by atoms with van der Waals surface area (Å²) in [5.74, 6) is -0.0296. The third kappa shape index (κ3) is 2.85. The van der Waals surface area contributed by atoms with E-state index >= 15 is 0 Å². The Balaban J connectivity index is 2.65. The third-order valence-corrected chi connectivity index (χ3v) is 2.19. The van der Waals surface area contributed by atoms with Crippen LogP contribution in [0.3, 0.4) is 0 Å². The molecule has 1 unspecified atom stereocenters. The van der Waals surface area contributed by atoms with Crippen molar-refractivity contribution < 1.29 is 4.79 Å². The second kappa shape index (κ2) is 4.77. The van der Waals surface area contributed by atoms with Crippen molar-refractivity contribution in [2.24, 2.45) is 5.73 Å². The zero-order chi connectivity index (χ0) is 10.6. The van der Waals surface area contributed by atoms with Crippen LogP contribution >= 0.6 is 0 Å². The molecule has 3 nitrogen and oxygen atoms in total. The van der Waals surface area contributed by atoms with Gasteiger partial charge in [0.2, 0.25) is 5.91 Å². The SMILES string of the molecule is CNC(=O)CC(N)c1ccc(C)cc1.